The van der Waals surface area contributed by atoms with Crippen LogP contribution in [0.3, 0.4) is 0 Å². The maximum Gasteiger partial charge on any atom is 0.223 e. The summed E-state index contributed by atoms with van der Waals surface area (Å²) in [6, 6.07) is 1.92. The van der Waals surface area contributed by atoms with Gasteiger partial charge in [-0.15, -0.1) is 31.7 Å². The van der Waals surface area contributed by atoms with Gasteiger partial charge < -0.3 is 13.5 Å². The first-order valence-corrected chi connectivity index (χ1v) is 28.5. The molecular weight excluding hydrogens is 1110 g/mol. The van der Waals surface area contributed by atoms with E-state index < -0.39 is 0 Å². The van der Waals surface area contributed by atoms with Gasteiger partial charge in [-0.1, -0.05) is 79.6 Å². The Bertz CT molecular complexity index is 2280. The first-order chi connectivity index (χ1) is 39.2. The molecule has 28 nitrogen and oxygen atoms in total. The quantitative estimate of drug-likeness (QED) is 0.0941. The van der Waals surface area contributed by atoms with Gasteiger partial charge in [-0.05, 0) is 125 Å². The monoisotopic (exact) mass is 1200 g/mol. The van der Waals surface area contributed by atoms with Crippen molar-refractivity contribution < 1.29 is 13.5 Å². The van der Waals surface area contributed by atoms with Crippen LogP contribution >= 0.6 is 34.4 Å². The van der Waals surface area contributed by atoms with Crippen LogP contribution in [-0.2, 0) is 0 Å². The molecule has 0 amide bonds. The first-order valence-electron chi connectivity index (χ1n) is 26.2. The third-order valence-electron chi connectivity index (χ3n) is 6.65. The molecule has 0 fully saturated rings. The first kappa shape index (κ1) is 82.8. The molecule has 0 saturated carbocycles. The van der Waals surface area contributed by atoms with Crippen molar-refractivity contribution in [3.05, 3.63) is 139 Å². The lowest BCUT2D eigenvalue weighted by atomic mass is 10.4. The number of rotatable bonds is 0. The summed E-state index contributed by atoms with van der Waals surface area (Å²) in [7, 11) is 0. The van der Waals surface area contributed by atoms with E-state index in [1.165, 1.54) is 47.6 Å². The van der Waals surface area contributed by atoms with Gasteiger partial charge in [0.15, 0.2) is 11.6 Å². The zero-order chi connectivity index (χ0) is 63.7. The smallest absolute Gasteiger partial charge is 0.223 e. The predicted octanol–water partition coefficient (Wildman–Crippen LogP) is 12.4. The van der Waals surface area contributed by atoms with E-state index in [9.17, 15) is 0 Å². The van der Waals surface area contributed by atoms with Crippen LogP contribution in [0.1, 0.15) is 165 Å². The van der Waals surface area contributed by atoms with Crippen molar-refractivity contribution in [3.63, 3.8) is 0 Å². The van der Waals surface area contributed by atoms with Crippen molar-refractivity contribution in [1.29, 1.82) is 0 Å². The van der Waals surface area contributed by atoms with Crippen molar-refractivity contribution in [3.8, 4) is 0 Å². The van der Waals surface area contributed by atoms with Crippen LogP contribution < -0.4 is 0 Å². The Morgan fingerprint density at radius 2 is 0.768 bits per heavy atom. The van der Waals surface area contributed by atoms with Crippen LogP contribution in [0.5, 0.6) is 0 Å². The molecule has 0 aliphatic rings. The molecule has 0 unspecified atom stereocenters. The van der Waals surface area contributed by atoms with Crippen LogP contribution in [0, 0.1) is 118 Å². The molecule has 11 heterocycles. The van der Waals surface area contributed by atoms with Gasteiger partial charge >= 0.3 is 0 Å². The summed E-state index contributed by atoms with van der Waals surface area (Å²) in [5.74, 6) is 8.20. The average Bonchev–Trinajstić information content (AvgIpc) is 4.27. The molecule has 31 heteroatoms. The Hall–Kier alpha value is -8.06. The minimum Gasteiger partial charge on any atom is -0.426 e. The van der Waals surface area contributed by atoms with E-state index >= 15 is 0 Å². The van der Waals surface area contributed by atoms with Gasteiger partial charge in [0.2, 0.25) is 23.6 Å². The molecule has 0 aromatic carbocycles. The summed E-state index contributed by atoms with van der Waals surface area (Å²) >= 11 is 4.51. The van der Waals surface area contributed by atoms with E-state index in [1.807, 2.05) is 158 Å². The highest BCUT2D eigenvalue weighted by atomic mass is 32.1. The number of aromatic nitrogens is 25. The molecule has 11 aromatic rings. The van der Waals surface area contributed by atoms with Crippen LogP contribution in [0.25, 0.3) is 0 Å². The molecule has 0 saturated heterocycles. The van der Waals surface area contributed by atoms with Gasteiger partial charge in [-0.2, -0.15) is 44.2 Å². The molecule has 0 radical (unpaired) electrons. The topological polar surface area (TPSA) is 376 Å². The maximum absolute atomic E-state index is 4.86. The Balaban J connectivity index is -0.000000261. The summed E-state index contributed by atoms with van der Waals surface area (Å²) in [6.45, 7) is 51.7. The molecular formula is C51H93N25O3S3. The standard InChI is InChI=1S/3C4H6N2O.3C4H6N2S.2C4H6N2.3C3H5N3.5C2H6/c1-3-5-6-4(2)7-3;2*1-3-5-4(2)7-6-3;1-3-5-6-4(2)7-3;2*1-3-5-4(2)7-6-3;1-4-2-5-6-3-4;1-4-2-3-5-6-4;3*1-3-4-2-5-6-3;5*1-2/h6*1-2H3;2*2-3H,1H3,(H,5,6);3*2H,1H3,(H,4,5,6);5*1-2H3. The number of aromatic amines is 5. The molecule has 11 aromatic heterocycles. The van der Waals surface area contributed by atoms with Gasteiger partial charge in [-0.25, -0.2) is 24.9 Å². The Labute approximate surface area is 497 Å². The second-order valence-electron chi connectivity index (χ2n) is 13.9. The molecule has 82 heavy (non-hydrogen) atoms. The molecule has 0 aliphatic carbocycles. The normalized spacial score (nSPS) is 8.43. The predicted molar refractivity (Wildman–Crippen MR) is 326 cm³/mol. The second-order valence-corrected chi connectivity index (χ2v) is 17.1. The summed E-state index contributed by atoms with van der Waals surface area (Å²) in [5, 5.41) is 57.5. The number of nitrogens with one attached hydrogen (secondary N) is 5. The van der Waals surface area contributed by atoms with E-state index in [4.69, 9.17) is 4.42 Å². The second kappa shape index (κ2) is 57.6. The van der Waals surface area contributed by atoms with Crippen LogP contribution in [0.2, 0.25) is 0 Å². The molecule has 0 spiro atoms. The van der Waals surface area contributed by atoms with Crippen LogP contribution in [0.4, 0.5) is 0 Å². The fourth-order valence-corrected chi connectivity index (χ4v) is 5.38. The lowest BCUT2D eigenvalue weighted by Crippen LogP contribution is -1.70. The number of H-pyrrole nitrogens is 5. The molecule has 5 N–H and O–H groups in total. The molecule has 11 rings (SSSR count). The third-order valence-corrected chi connectivity index (χ3v) is 8.83. The Morgan fingerprint density at radius 3 is 0.854 bits per heavy atom. The summed E-state index contributed by atoms with van der Waals surface area (Å²) in [6.07, 6.45) is 9.80. The van der Waals surface area contributed by atoms with Gasteiger partial charge in [0, 0.05) is 45.8 Å². The average molecular weight is 1200 g/mol. The highest BCUT2D eigenvalue weighted by molar-refractivity contribution is 7.11. The molecule has 0 bridgehead atoms. The lowest BCUT2D eigenvalue weighted by molar-refractivity contribution is 0.389. The SMILES string of the molecule is CC.CC.CC.CC.CC.Cc1ccn[nH]1.Cc1cn[nH]c1.Cc1ncn[nH]1.Cc1ncn[nH]1.Cc1ncn[nH]1.Cc1nnc(C)o1.Cc1nnc(C)s1.Cc1noc(C)n1.Cc1noc(C)n1.Cc1nsc(C)n1.Cc1nsc(C)n1. The number of aryl methyl sites for hydroxylation is 17. The van der Waals surface area contributed by atoms with Crippen molar-refractivity contribution >= 4 is 34.4 Å². The maximum atomic E-state index is 4.86. The highest BCUT2D eigenvalue weighted by Gasteiger charge is 1.93. The zero-order valence-electron chi connectivity index (χ0n) is 53.4. The van der Waals surface area contributed by atoms with Gasteiger partial charge in [0.25, 0.3) is 0 Å². The van der Waals surface area contributed by atoms with Crippen molar-refractivity contribution in [2.75, 3.05) is 0 Å². The lowest BCUT2D eigenvalue weighted by Gasteiger charge is -1.70. The molecule has 0 aliphatic heterocycles. The van der Waals surface area contributed by atoms with E-state index in [0.29, 0.717) is 35.2 Å². The molecule has 0 atom stereocenters. The Kier molecular flexibility index (Phi) is 58.2. The van der Waals surface area contributed by atoms with Gasteiger partial charge in [-0.3, -0.25) is 25.5 Å². The van der Waals surface area contributed by atoms with E-state index in [0.717, 1.165) is 54.8 Å². The number of hydrogen-bond acceptors (Lipinski definition) is 26. The van der Waals surface area contributed by atoms with Gasteiger partial charge in [0.1, 0.15) is 68.1 Å². The summed E-state index contributed by atoms with van der Waals surface area (Å²) < 4.78 is 22.0. The fourth-order valence-electron chi connectivity index (χ4n) is 3.83. The molecule has 458 valence electrons. The van der Waals surface area contributed by atoms with E-state index in [-0.39, 0.29) is 0 Å². The third kappa shape index (κ3) is 55.3. The highest BCUT2D eigenvalue weighted by Crippen LogP contribution is 2.04. The zero-order valence-corrected chi connectivity index (χ0v) is 55.9. The fraction of sp³-hybridized carbons (Fsp3) is 0.529. The van der Waals surface area contributed by atoms with Crippen molar-refractivity contribution in [2.45, 2.75) is 187 Å². The van der Waals surface area contributed by atoms with E-state index in [1.54, 1.807) is 65.3 Å². The minimum atomic E-state index is 0.623. The minimum absolute atomic E-state index is 0.623. The van der Waals surface area contributed by atoms with Crippen LogP contribution in [0.15, 0.2) is 57.1 Å². The largest absolute Gasteiger partial charge is 0.426 e. The van der Waals surface area contributed by atoms with Gasteiger partial charge in [0.05, 0.1) is 6.20 Å². The number of hydrogen-bond donors (Lipinski definition) is 5. The van der Waals surface area contributed by atoms with Crippen molar-refractivity contribution in [2.24, 2.45) is 0 Å². The van der Waals surface area contributed by atoms with Crippen molar-refractivity contribution in [1.82, 2.24) is 125 Å². The summed E-state index contributed by atoms with van der Waals surface area (Å²) in [4.78, 5) is 27.0. The van der Waals surface area contributed by atoms with Crippen LogP contribution in [-0.4, -0.2) is 125 Å². The number of nitrogens with zero attached hydrogens (tertiary/aromatic N) is 20. The summed E-state index contributed by atoms with van der Waals surface area (Å²) in [5.41, 5.74) is 2.28. The Morgan fingerprint density at radius 1 is 0.390 bits per heavy atom. The van der Waals surface area contributed by atoms with E-state index in [2.05, 4.69) is 134 Å².